The number of para-hydroxylation sites is 1. The minimum Gasteiger partial charge on any atom is -0.504 e. The van der Waals surface area contributed by atoms with Crippen LogP contribution in [0.15, 0.2) is 18.2 Å². The van der Waals surface area contributed by atoms with Crippen molar-refractivity contribution in [2.45, 2.75) is 0 Å². The van der Waals surface area contributed by atoms with E-state index in [0.717, 1.165) is 0 Å². The van der Waals surface area contributed by atoms with Gasteiger partial charge in [-0.05, 0) is 12.1 Å². The quantitative estimate of drug-likeness (QED) is 0.681. The summed E-state index contributed by atoms with van der Waals surface area (Å²) in [7, 11) is 1.42. The molecule has 0 unspecified atom stereocenters. The summed E-state index contributed by atoms with van der Waals surface area (Å²) >= 11 is 0. The fourth-order valence-corrected chi connectivity index (χ4v) is 0.769. The number of hydrogen-bond donors (Lipinski definition) is 1. The van der Waals surface area contributed by atoms with Crippen LogP contribution in [0, 0.1) is 0 Å². The molecule has 0 bridgehead atoms. The van der Waals surface area contributed by atoms with Crippen LogP contribution >= 0.6 is 0 Å². The van der Waals surface area contributed by atoms with Crippen LogP contribution in [-0.2, 0) is 4.79 Å². The molecule has 1 aromatic carbocycles. The van der Waals surface area contributed by atoms with E-state index < -0.39 is 0 Å². The van der Waals surface area contributed by atoms with Crippen LogP contribution in [0.5, 0.6) is 11.5 Å². The molecule has 11 heavy (non-hydrogen) atoms. The Morgan fingerprint density at radius 3 is 2.82 bits per heavy atom. The molecule has 1 N–H and O–H groups in total. The van der Waals surface area contributed by atoms with Gasteiger partial charge in [0.1, 0.15) is 0 Å². The lowest BCUT2D eigenvalue weighted by atomic mass is 10.2. The Morgan fingerprint density at radius 2 is 2.27 bits per heavy atom. The Morgan fingerprint density at radius 1 is 1.55 bits per heavy atom. The molecule has 0 amide bonds. The number of ether oxygens (including phenoxy) is 1. The van der Waals surface area contributed by atoms with Crippen molar-refractivity contribution in [2.24, 2.45) is 0 Å². The van der Waals surface area contributed by atoms with E-state index in [2.05, 4.69) is 0 Å². The van der Waals surface area contributed by atoms with Gasteiger partial charge in [0.05, 0.1) is 12.7 Å². The maximum Gasteiger partial charge on any atom is 0.237 e. The molecule has 0 fully saturated rings. The summed E-state index contributed by atoms with van der Waals surface area (Å²) in [6.45, 7) is 0. The SMILES string of the molecule is COc1cccc([C]=O)c1O. The first kappa shape index (κ1) is 7.60. The lowest BCUT2D eigenvalue weighted by molar-refractivity contribution is 0.372. The topological polar surface area (TPSA) is 46.5 Å². The number of aromatic hydroxyl groups is 1. The molecule has 1 radical (unpaired) electrons. The van der Waals surface area contributed by atoms with E-state index in [1.54, 1.807) is 18.4 Å². The van der Waals surface area contributed by atoms with Crippen molar-refractivity contribution in [2.75, 3.05) is 7.11 Å². The Balaban J connectivity index is 3.20. The van der Waals surface area contributed by atoms with Crippen molar-refractivity contribution in [1.29, 1.82) is 0 Å². The van der Waals surface area contributed by atoms with E-state index in [4.69, 9.17) is 4.74 Å². The van der Waals surface area contributed by atoms with Crippen molar-refractivity contribution in [3.8, 4) is 11.5 Å². The number of phenols is 1. The van der Waals surface area contributed by atoms with Crippen LogP contribution in [0.25, 0.3) is 0 Å². The van der Waals surface area contributed by atoms with Gasteiger partial charge in [-0.1, -0.05) is 6.07 Å². The maximum atomic E-state index is 10.2. The van der Waals surface area contributed by atoms with E-state index in [9.17, 15) is 9.90 Å². The predicted octanol–water partition coefficient (Wildman–Crippen LogP) is 0.859. The molecule has 0 heterocycles. The van der Waals surface area contributed by atoms with E-state index in [1.165, 1.54) is 13.2 Å². The van der Waals surface area contributed by atoms with Gasteiger partial charge in [0.25, 0.3) is 0 Å². The van der Waals surface area contributed by atoms with Crippen LogP contribution in [0.4, 0.5) is 0 Å². The molecule has 0 saturated carbocycles. The zero-order valence-electron chi connectivity index (χ0n) is 6.00. The minimum atomic E-state index is -0.162. The molecule has 0 aliphatic carbocycles. The lowest BCUT2D eigenvalue weighted by Gasteiger charge is -2.02. The van der Waals surface area contributed by atoms with E-state index >= 15 is 0 Å². The average Bonchev–Trinajstić information content (AvgIpc) is 2.05. The van der Waals surface area contributed by atoms with Crippen molar-refractivity contribution >= 4 is 6.29 Å². The Hall–Kier alpha value is -1.51. The first-order valence-corrected chi connectivity index (χ1v) is 3.03. The van der Waals surface area contributed by atoms with Gasteiger partial charge < -0.3 is 9.84 Å². The van der Waals surface area contributed by atoms with Crippen LogP contribution in [0.1, 0.15) is 5.56 Å². The second kappa shape index (κ2) is 3.05. The summed E-state index contributed by atoms with van der Waals surface area (Å²) in [6.07, 6.45) is 1.59. The van der Waals surface area contributed by atoms with Gasteiger partial charge in [-0.15, -0.1) is 0 Å². The van der Waals surface area contributed by atoms with E-state index in [1.807, 2.05) is 0 Å². The van der Waals surface area contributed by atoms with Crippen LogP contribution < -0.4 is 4.74 Å². The third-order valence-electron chi connectivity index (χ3n) is 1.33. The zero-order valence-corrected chi connectivity index (χ0v) is 6.00. The smallest absolute Gasteiger partial charge is 0.237 e. The summed E-state index contributed by atoms with van der Waals surface area (Å²) in [5.41, 5.74) is 0.115. The largest absolute Gasteiger partial charge is 0.504 e. The van der Waals surface area contributed by atoms with Gasteiger partial charge in [-0.25, -0.2) is 0 Å². The molecule has 0 atom stereocenters. The van der Waals surface area contributed by atoms with Crippen molar-refractivity contribution in [1.82, 2.24) is 0 Å². The number of methoxy groups -OCH3 is 1. The second-order valence-corrected chi connectivity index (χ2v) is 1.96. The number of hydrogen-bond acceptors (Lipinski definition) is 3. The van der Waals surface area contributed by atoms with Gasteiger partial charge in [-0.2, -0.15) is 0 Å². The molecule has 0 spiro atoms. The zero-order chi connectivity index (χ0) is 8.27. The summed E-state index contributed by atoms with van der Waals surface area (Å²) in [5, 5.41) is 9.20. The number of benzene rings is 1. The van der Waals surface area contributed by atoms with Crippen LogP contribution in [0.3, 0.4) is 0 Å². The third-order valence-corrected chi connectivity index (χ3v) is 1.33. The number of rotatable bonds is 2. The maximum absolute atomic E-state index is 10.2. The Kier molecular flexibility index (Phi) is 2.11. The Labute approximate surface area is 64.2 Å². The summed E-state index contributed by atoms with van der Waals surface area (Å²) in [4.78, 5) is 10.2. The second-order valence-electron chi connectivity index (χ2n) is 1.96. The molecule has 1 rings (SSSR count). The van der Waals surface area contributed by atoms with E-state index in [0.29, 0.717) is 0 Å². The van der Waals surface area contributed by atoms with Crippen LogP contribution in [0.2, 0.25) is 0 Å². The first-order chi connectivity index (χ1) is 5.29. The van der Waals surface area contributed by atoms with Crippen molar-refractivity contribution in [3.05, 3.63) is 23.8 Å². The molecule has 3 nitrogen and oxygen atoms in total. The Bertz CT molecular complexity index is 268. The normalized spacial score (nSPS) is 9.18. The highest BCUT2D eigenvalue weighted by molar-refractivity contribution is 5.81. The molecule has 0 aliphatic heterocycles. The number of carbonyl (C=O) groups excluding carboxylic acids is 1. The molecule has 57 valence electrons. The van der Waals surface area contributed by atoms with Gasteiger partial charge in [0, 0.05) is 0 Å². The standard InChI is InChI=1S/C8H7O3/c1-11-7-4-2-3-6(5-9)8(7)10/h2-4,10H,1H3. The lowest BCUT2D eigenvalue weighted by Crippen LogP contribution is -1.87. The third kappa shape index (κ3) is 1.32. The molecule has 1 aromatic rings. The van der Waals surface area contributed by atoms with Gasteiger partial charge in [0.2, 0.25) is 6.29 Å². The van der Waals surface area contributed by atoms with Gasteiger partial charge >= 0.3 is 0 Å². The highest BCUT2D eigenvalue weighted by atomic mass is 16.5. The molecule has 0 aromatic heterocycles. The highest BCUT2D eigenvalue weighted by Crippen LogP contribution is 2.27. The fraction of sp³-hybridized carbons (Fsp3) is 0.125. The minimum absolute atomic E-state index is 0.115. The monoisotopic (exact) mass is 151 g/mol. The highest BCUT2D eigenvalue weighted by Gasteiger charge is 2.05. The van der Waals surface area contributed by atoms with Gasteiger partial charge in [-0.3, -0.25) is 4.79 Å². The molecule has 0 aliphatic rings. The van der Waals surface area contributed by atoms with Gasteiger partial charge in [0.15, 0.2) is 11.5 Å². The first-order valence-electron chi connectivity index (χ1n) is 3.03. The van der Waals surface area contributed by atoms with Crippen LogP contribution in [-0.4, -0.2) is 18.5 Å². The van der Waals surface area contributed by atoms with Crippen molar-refractivity contribution < 1.29 is 14.6 Å². The summed E-state index contributed by atoms with van der Waals surface area (Å²) in [5.74, 6) is 0.121. The fourth-order valence-electron chi connectivity index (χ4n) is 0.769. The van der Waals surface area contributed by atoms with Crippen molar-refractivity contribution in [3.63, 3.8) is 0 Å². The predicted molar refractivity (Wildman–Crippen MR) is 39.5 cm³/mol. The number of phenolic OH excluding ortho intramolecular Hbond substituents is 1. The molecular formula is C8H7O3. The summed E-state index contributed by atoms with van der Waals surface area (Å²) in [6, 6.07) is 4.64. The molecule has 0 saturated heterocycles. The molecule has 3 heteroatoms. The summed E-state index contributed by atoms with van der Waals surface area (Å²) < 4.78 is 4.76. The molecular weight excluding hydrogens is 144 g/mol. The average molecular weight is 151 g/mol. The van der Waals surface area contributed by atoms with E-state index in [-0.39, 0.29) is 17.1 Å².